The lowest BCUT2D eigenvalue weighted by atomic mass is 9.79. The van der Waals surface area contributed by atoms with Crippen molar-refractivity contribution in [2.24, 2.45) is 5.92 Å². The van der Waals surface area contributed by atoms with Crippen LogP contribution in [0.3, 0.4) is 0 Å². The average molecular weight is 282 g/mol. The van der Waals surface area contributed by atoms with Crippen LogP contribution >= 0.6 is 0 Å². The molecule has 0 bridgehead atoms. The maximum Gasteiger partial charge on any atom is 0.0670 e. The number of rotatable bonds is 5. The second-order valence-electron chi connectivity index (χ2n) is 7.48. The largest absolute Gasteiger partial charge is 0.380 e. The van der Waals surface area contributed by atoms with E-state index in [9.17, 15) is 0 Å². The molecule has 0 aromatic heterocycles. The minimum absolute atomic E-state index is 0.336. The van der Waals surface area contributed by atoms with E-state index < -0.39 is 0 Å². The van der Waals surface area contributed by atoms with E-state index in [1.54, 1.807) is 0 Å². The molecule has 1 aliphatic carbocycles. The van der Waals surface area contributed by atoms with Crippen molar-refractivity contribution < 1.29 is 4.74 Å². The van der Waals surface area contributed by atoms with E-state index in [1.165, 1.54) is 45.1 Å². The van der Waals surface area contributed by atoms with Crippen LogP contribution in [0.25, 0.3) is 0 Å². The summed E-state index contributed by atoms with van der Waals surface area (Å²) < 4.78 is 5.52. The van der Waals surface area contributed by atoms with Gasteiger partial charge in [0.25, 0.3) is 0 Å². The van der Waals surface area contributed by atoms with Gasteiger partial charge in [-0.25, -0.2) is 0 Å². The molecule has 1 N–H and O–H groups in total. The average Bonchev–Trinajstić information content (AvgIpc) is 2.42. The first-order valence-corrected chi connectivity index (χ1v) is 8.56. The fourth-order valence-electron chi connectivity index (χ4n) is 4.00. The number of nitrogens with one attached hydrogen (secondary N) is 1. The van der Waals surface area contributed by atoms with Crippen molar-refractivity contribution in [1.29, 1.82) is 0 Å². The monoisotopic (exact) mass is 282 g/mol. The predicted octanol–water partition coefficient (Wildman–Crippen LogP) is 3.04. The van der Waals surface area contributed by atoms with Gasteiger partial charge in [-0.2, -0.15) is 0 Å². The Morgan fingerprint density at radius 2 is 1.90 bits per heavy atom. The van der Waals surface area contributed by atoms with Gasteiger partial charge in [-0.1, -0.05) is 33.1 Å². The Balaban J connectivity index is 2.01. The van der Waals surface area contributed by atoms with Crippen molar-refractivity contribution in [2.45, 2.75) is 77.0 Å². The van der Waals surface area contributed by atoms with Crippen LogP contribution in [0.15, 0.2) is 0 Å². The van der Waals surface area contributed by atoms with Crippen molar-refractivity contribution >= 4 is 0 Å². The maximum absolute atomic E-state index is 5.52. The van der Waals surface area contributed by atoms with E-state index in [2.05, 4.69) is 31.0 Å². The lowest BCUT2D eigenvalue weighted by molar-refractivity contribution is 0.00467. The standard InChI is InChI=1S/C17H34N2O/c1-14(2)10-16-11-18-17(8-6-5-7-9-17)13-19(16)12-15(3)20-4/h14-16,18H,5-13H2,1-4H3. The first kappa shape index (κ1) is 16.3. The molecular formula is C17H34N2O. The summed E-state index contributed by atoms with van der Waals surface area (Å²) in [5.74, 6) is 0.766. The highest BCUT2D eigenvalue weighted by Crippen LogP contribution is 2.33. The Morgan fingerprint density at radius 3 is 2.50 bits per heavy atom. The highest BCUT2D eigenvalue weighted by molar-refractivity contribution is 5.00. The van der Waals surface area contributed by atoms with Crippen LogP contribution in [0.1, 0.15) is 59.3 Å². The zero-order valence-electron chi connectivity index (χ0n) is 14.0. The molecule has 2 unspecified atom stereocenters. The molecule has 0 aromatic rings. The molecule has 1 saturated carbocycles. The van der Waals surface area contributed by atoms with Crippen LogP contribution in [0, 0.1) is 5.92 Å². The van der Waals surface area contributed by atoms with E-state index in [4.69, 9.17) is 4.74 Å². The number of hydrogen-bond acceptors (Lipinski definition) is 3. The van der Waals surface area contributed by atoms with Gasteiger partial charge in [0.1, 0.15) is 0 Å². The lowest BCUT2D eigenvalue weighted by Crippen LogP contribution is -2.65. The summed E-state index contributed by atoms with van der Waals surface area (Å²) >= 11 is 0. The molecule has 1 heterocycles. The molecule has 2 atom stereocenters. The summed E-state index contributed by atoms with van der Waals surface area (Å²) in [6.07, 6.45) is 8.57. The summed E-state index contributed by atoms with van der Waals surface area (Å²) in [4.78, 5) is 2.72. The Bertz CT molecular complexity index is 287. The van der Waals surface area contributed by atoms with Gasteiger partial charge in [0.2, 0.25) is 0 Å². The van der Waals surface area contributed by atoms with Gasteiger partial charge in [0, 0.05) is 38.3 Å². The SMILES string of the molecule is COC(C)CN1CC2(CCCCC2)NCC1CC(C)C. The smallest absolute Gasteiger partial charge is 0.0670 e. The quantitative estimate of drug-likeness (QED) is 0.839. The van der Waals surface area contributed by atoms with Crippen LogP contribution in [-0.4, -0.2) is 49.3 Å². The minimum Gasteiger partial charge on any atom is -0.380 e. The molecule has 1 aliphatic heterocycles. The summed E-state index contributed by atoms with van der Waals surface area (Å²) in [7, 11) is 1.83. The third-order valence-electron chi connectivity index (χ3n) is 5.18. The van der Waals surface area contributed by atoms with E-state index >= 15 is 0 Å². The second kappa shape index (κ2) is 7.24. The fraction of sp³-hybridized carbons (Fsp3) is 1.00. The van der Waals surface area contributed by atoms with E-state index in [-0.39, 0.29) is 0 Å². The van der Waals surface area contributed by atoms with Crippen LogP contribution < -0.4 is 5.32 Å². The van der Waals surface area contributed by atoms with Crippen molar-refractivity contribution in [3.8, 4) is 0 Å². The van der Waals surface area contributed by atoms with Gasteiger partial charge in [0.05, 0.1) is 6.10 Å². The summed E-state index contributed by atoms with van der Waals surface area (Å²) in [5.41, 5.74) is 0.402. The minimum atomic E-state index is 0.336. The molecule has 3 heteroatoms. The zero-order valence-corrected chi connectivity index (χ0v) is 14.0. The van der Waals surface area contributed by atoms with Crippen LogP contribution in [0.4, 0.5) is 0 Å². The Morgan fingerprint density at radius 1 is 1.20 bits per heavy atom. The van der Waals surface area contributed by atoms with Crippen LogP contribution in [-0.2, 0) is 4.74 Å². The molecule has 0 aromatic carbocycles. The Labute approximate surface area is 125 Å². The highest BCUT2D eigenvalue weighted by atomic mass is 16.5. The first-order valence-electron chi connectivity index (χ1n) is 8.56. The molecule has 0 amide bonds. The van der Waals surface area contributed by atoms with Crippen molar-refractivity contribution in [1.82, 2.24) is 10.2 Å². The maximum atomic E-state index is 5.52. The van der Waals surface area contributed by atoms with Crippen molar-refractivity contribution in [2.75, 3.05) is 26.7 Å². The molecule has 0 radical (unpaired) electrons. The normalized spacial score (nSPS) is 28.9. The summed E-state index contributed by atoms with van der Waals surface area (Å²) in [6.45, 7) is 10.3. The fourth-order valence-corrected chi connectivity index (χ4v) is 4.00. The predicted molar refractivity (Wildman–Crippen MR) is 85.1 cm³/mol. The lowest BCUT2D eigenvalue weighted by Gasteiger charge is -2.50. The topological polar surface area (TPSA) is 24.5 Å². The second-order valence-corrected chi connectivity index (χ2v) is 7.48. The number of piperazine rings is 1. The first-order chi connectivity index (χ1) is 9.54. The Kier molecular flexibility index (Phi) is 5.88. The number of ether oxygens (including phenoxy) is 1. The summed E-state index contributed by atoms with van der Waals surface area (Å²) in [5, 5.41) is 3.93. The Hall–Kier alpha value is -0.120. The van der Waals surface area contributed by atoms with Gasteiger partial charge >= 0.3 is 0 Å². The highest BCUT2D eigenvalue weighted by Gasteiger charge is 2.40. The van der Waals surface area contributed by atoms with Gasteiger partial charge in [0.15, 0.2) is 0 Å². The third-order valence-corrected chi connectivity index (χ3v) is 5.18. The molecule has 118 valence electrons. The molecule has 3 nitrogen and oxygen atoms in total. The molecule has 2 rings (SSSR count). The van der Waals surface area contributed by atoms with Gasteiger partial charge in [-0.05, 0) is 32.1 Å². The van der Waals surface area contributed by atoms with Gasteiger partial charge in [-0.3, -0.25) is 4.90 Å². The number of nitrogens with zero attached hydrogens (tertiary/aromatic N) is 1. The molecular weight excluding hydrogens is 248 g/mol. The van der Waals surface area contributed by atoms with Crippen molar-refractivity contribution in [3.63, 3.8) is 0 Å². The van der Waals surface area contributed by atoms with E-state index in [1.807, 2.05) is 7.11 Å². The molecule has 2 fully saturated rings. The number of methoxy groups -OCH3 is 1. The van der Waals surface area contributed by atoms with Crippen LogP contribution in [0.2, 0.25) is 0 Å². The van der Waals surface area contributed by atoms with Crippen molar-refractivity contribution in [3.05, 3.63) is 0 Å². The third kappa shape index (κ3) is 4.19. The molecule has 1 saturated heterocycles. The van der Waals surface area contributed by atoms with E-state index in [0.717, 1.165) is 19.0 Å². The van der Waals surface area contributed by atoms with Gasteiger partial charge < -0.3 is 10.1 Å². The van der Waals surface area contributed by atoms with E-state index in [0.29, 0.717) is 17.7 Å². The molecule has 2 aliphatic rings. The zero-order chi connectivity index (χ0) is 14.6. The number of hydrogen-bond donors (Lipinski definition) is 1. The van der Waals surface area contributed by atoms with Gasteiger partial charge in [-0.15, -0.1) is 0 Å². The molecule has 20 heavy (non-hydrogen) atoms. The molecule has 1 spiro atoms. The summed E-state index contributed by atoms with van der Waals surface area (Å²) in [6, 6.07) is 0.681. The van der Waals surface area contributed by atoms with Crippen LogP contribution in [0.5, 0.6) is 0 Å².